The summed E-state index contributed by atoms with van der Waals surface area (Å²) in [5, 5.41) is 0. The lowest BCUT2D eigenvalue weighted by Crippen LogP contribution is -2.32. The third-order valence-corrected chi connectivity index (χ3v) is 7.14. The zero-order chi connectivity index (χ0) is 14.3. The molecule has 19 heavy (non-hydrogen) atoms. The van der Waals surface area contributed by atoms with Crippen LogP contribution in [0.25, 0.3) is 0 Å². The summed E-state index contributed by atoms with van der Waals surface area (Å²) in [7, 11) is -3.52. The molecule has 108 valence electrons. The minimum atomic E-state index is -3.52. The maximum absolute atomic E-state index is 12.6. The van der Waals surface area contributed by atoms with Crippen molar-refractivity contribution in [2.45, 2.75) is 44.2 Å². The molecule has 1 N–H and O–H groups in total. The van der Waals surface area contributed by atoms with Gasteiger partial charge in [-0.05, 0) is 31.6 Å². The van der Waals surface area contributed by atoms with Crippen molar-refractivity contribution < 1.29 is 8.42 Å². The summed E-state index contributed by atoms with van der Waals surface area (Å²) in [6.07, 6.45) is 2.75. The number of H-pyrrole nitrogens is 1. The molecule has 0 spiro atoms. The van der Waals surface area contributed by atoms with Crippen molar-refractivity contribution in [1.29, 1.82) is 0 Å². The van der Waals surface area contributed by atoms with Crippen molar-refractivity contribution in [1.82, 2.24) is 9.29 Å². The zero-order valence-corrected chi connectivity index (χ0v) is 13.2. The first-order valence-corrected chi connectivity index (χ1v) is 8.68. The fourth-order valence-electron chi connectivity index (χ4n) is 2.39. The van der Waals surface area contributed by atoms with E-state index in [-0.39, 0.29) is 14.5 Å². The normalized spacial score (nSPS) is 21.2. The van der Waals surface area contributed by atoms with Crippen molar-refractivity contribution in [2.24, 2.45) is 5.41 Å². The van der Waals surface area contributed by atoms with E-state index >= 15 is 0 Å². The lowest BCUT2D eigenvalue weighted by atomic mass is 9.85. The standard InChI is InChI=1S/C12H20N2O3S2/c1-9-10(18-11(15)13-9)19(16,17)14-7-4-5-12(2,3)6-8-14/h4-8H2,1-3H3,(H,13,15). The predicted molar refractivity (Wildman–Crippen MR) is 76.1 cm³/mol. The number of aromatic nitrogens is 1. The number of hydrogen-bond acceptors (Lipinski definition) is 4. The van der Waals surface area contributed by atoms with Gasteiger partial charge >= 0.3 is 4.87 Å². The van der Waals surface area contributed by atoms with E-state index in [2.05, 4.69) is 18.8 Å². The molecule has 2 heterocycles. The molecule has 1 aliphatic rings. The van der Waals surface area contributed by atoms with E-state index in [0.29, 0.717) is 18.8 Å². The molecule has 0 atom stereocenters. The molecule has 0 aliphatic carbocycles. The van der Waals surface area contributed by atoms with Crippen LogP contribution in [-0.4, -0.2) is 30.8 Å². The maximum atomic E-state index is 12.6. The first kappa shape index (κ1) is 14.7. The average molecular weight is 304 g/mol. The summed E-state index contributed by atoms with van der Waals surface area (Å²) in [5.74, 6) is 0. The molecule has 0 aromatic carbocycles. The SMILES string of the molecule is Cc1[nH]c(=O)sc1S(=O)(=O)N1CCCC(C)(C)CC1. The number of nitrogens with one attached hydrogen (secondary N) is 1. The molecule has 1 fully saturated rings. The van der Waals surface area contributed by atoms with Gasteiger partial charge in [0.2, 0.25) is 0 Å². The Balaban J connectivity index is 2.30. The Bertz CT molecular complexity index is 613. The topological polar surface area (TPSA) is 70.2 Å². The van der Waals surface area contributed by atoms with E-state index in [1.807, 2.05) is 0 Å². The van der Waals surface area contributed by atoms with Gasteiger partial charge in [-0.1, -0.05) is 25.2 Å². The minimum absolute atomic E-state index is 0.164. The third kappa shape index (κ3) is 3.09. The smallest absolute Gasteiger partial charge is 0.305 e. The van der Waals surface area contributed by atoms with Gasteiger partial charge in [-0.3, -0.25) is 4.79 Å². The Labute approximate surface area is 117 Å². The highest BCUT2D eigenvalue weighted by Crippen LogP contribution is 2.32. The molecular formula is C12H20N2O3S2. The van der Waals surface area contributed by atoms with E-state index in [0.717, 1.165) is 30.6 Å². The molecule has 0 bridgehead atoms. The number of sulfonamides is 1. The zero-order valence-electron chi connectivity index (χ0n) is 11.5. The Hall–Kier alpha value is -0.660. The molecule has 0 amide bonds. The predicted octanol–water partition coefficient (Wildman–Crippen LogP) is 1.95. The van der Waals surface area contributed by atoms with Crippen molar-refractivity contribution in [3.8, 4) is 0 Å². The van der Waals surface area contributed by atoms with E-state index in [1.165, 1.54) is 4.31 Å². The second-order valence-electron chi connectivity index (χ2n) is 5.85. The van der Waals surface area contributed by atoms with E-state index in [9.17, 15) is 13.2 Å². The maximum Gasteiger partial charge on any atom is 0.305 e. The van der Waals surface area contributed by atoms with Crippen LogP contribution < -0.4 is 4.87 Å². The number of hydrogen-bond donors (Lipinski definition) is 1. The van der Waals surface area contributed by atoms with Crippen LogP contribution >= 0.6 is 11.3 Å². The second-order valence-corrected chi connectivity index (χ2v) is 8.97. The molecule has 2 rings (SSSR count). The Morgan fingerprint density at radius 2 is 1.95 bits per heavy atom. The molecular weight excluding hydrogens is 284 g/mol. The monoisotopic (exact) mass is 304 g/mol. The molecule has 1 aliphatic heterocycles. The van der Waals surface area contributed by atoms with E-state index in [1.54, 1.807) is 6.92 Å². The molecule has 7 heteroatoms. The van der Waals surface area contributed by atoms with Crippen LogP contribution in [-0.2, 0) is 10.0 Å². The first-order valence-electron chi connectivity index (χ1n) is 6.42. The molecule has 5 nitrogen and oxygen atoms in total. The van der Waals surface area contributed by atoms with Crippen LogP contribution in [0.15, 0.2) is 9.00 Å². The number of aryl methyl sites for hydroxylation is 1. The number of thiazole rings is 1. The highest BCUT2D eigenvalue weighted by atomic mass is 32.2. The van der Waals surface area contributed by atoms with Crippen LogP contribution in [0.3, 0.4) is 0 Å². The highest BCUT2D eigenvalue weighted by Gasteiger charge is 2.32. The Kier molecular flexibility index (Phi) is 3.90. The Morgan fingerprint density at radius 1 is 1.26 bits per heavy atom. The molecule has 1 saturated heterocycles. The average Bonchev–Trinajstić information content (AvgIpc) is 2.52. The summed E-state index contributed by atoms with van der Waals surface area (Å²) in [6, 6.07) is 0. The minimum Gasteiger partial charge on any atom is -0.315 e. The summed E-state index contributed by atoms with van der Waals surface area (Å²) in [6.45, 7) is 7.04. The van der Waals surface area contributed by atoms with Crippen molar-refractivity contribution >= 4 is 21.4 Å². The van der Waals surface area contributed by atoms with Gasteiger partial charge in [-0.15, -0.1) is 0 Å². The fourth-order valence-corrected chi connectivity index (χ4v) is 5.31. The molecule has 1 aromatic rings. The second kappa shape index (κ2) is 5.03. The summed E-state index contributed by atoms with van der Waals surface area (Å²) >= 11 is 0.781. The van der Waals surface area contributed by atoms with E-state index in [4.69, 9.17) is 0 Å². The summed E-state index contributed by atoms with van der Waals surface area (Å²) < 4.78 is 26.8. The van der Waals surface area contributed by atoms with Gasteiger partial charge in [-0.25, -0.2) is 8.42 Å². The molecule has 0 saturated carbocycles. The van der Waals surface area contributed by atoms with Gasteiger partial charge in [-0.2, -0.15) is 4.31 Å². The lowest BCUT2D eigenvalue weighted by molar-refractivity contribution is 0.315. The van der Waals surface area contributed by atoms with Gasteiger partial charge < -0.3 is 4.98 Å². The quantitative estimate of drug-likeness (QED) is 0.908. The fraction of sp³-hybridized carbons (Fsp3) is 0.750. The van der Waals surface area contributed by atoms with Gasteiger partial charge in [0.15, 0.2) is 4.21 Å². The first-order chi connectivity index (χ1) is 8.72. The number of rotatable bonds is 2. The molecule has 0 radical (unpaired) electrons. The van der Waals surface area contributed by atoms with Crippen LogP contribution in [0.5, 0.6) is 0 Å². The van der Waals surface area contributed by atoms with Gasteiger partial charge in [0.1, 0.15) is 0 Å². The van der Waals surface area contributed by atoms with Crippen molar-refractivity contribution in [2.75, 3.05) is 13.1 Å². The van der Waals surface area contributed by atoms with Gasteiger partial charge in [0, 0.05) is 18.8 Å². The summed E-state index contributed by atoms with van der Waals surface area (Å²) in [4.78, 5) is 13.5. The van der Waals surface area contributed by atoms with Crippen LogP contribution in [0.1, 0.15) is 38.8 Å². The highest BCUT2D eigenvalue weighted by molar-refractivity contribution is 7.91. The number of aromatic amines is 1. The van der Waals surface area contributed by atoms with Crippen molar-refractivity contribution in [3.05, 3.63) is 15.4 Å². The largest absolute Gasteiger partial charge is 0.315 e. The van der Waals surface area contributed by atoms with E-state index < -0.39 is 10.0 Å². The van der Waals surface area contributed by atoms with Gasteiger partial charge in [0.05, 0.1) is 0 Å². The number of nitrogens with zero attached hydrogens (tertiary/aromatic N) is 1. The van der Waals surface area contributed by atoms with Crippen molar-refractivity contribution in [3.63, 3.8) is 0 Å². The molecule has 1 aromatic heterocycles. The molecule has 0 unspecified atom stereocenters. The summed E-state index contributed by atoms with van der Waals surface area (Å²) in [5.41, 5.74) is 0.628. The van der Waals surface area contributed by atoms with Crippen LogP contribution in [0.2, 0.25) is 0 Å². The van der Waals surface area contributed by atoms with Crippen LogP contribution in [0, 0.1) is 12.3 Å². The lowest BCUT2D eigenvalue weighted by Gasteiger charge is -2.22. The third-order valence-electron chi connectivity index (χ3n) is 3.65. The van der Waals surface area contributed by atoms with Gasteiger partial charge in [0.25, 0.3) is 10.0 Å². The Morgan fingerprint density at radius 3 is 2.53 bits per heavy atom. The van der Waals surface area contributed by atoms with Crippen LogP contribution in [0.4, 0.5) is 0 Å².